The number of ketones is 1. The molecule has 9 nitrogen and oxygen atoms in total. The molecule has 0 saturated heterocycles. The van der Waals surface area contributed by atoms with Crippen molar-refractivity contribution in [2.45, 2.75) is 43.8 Å². The van der Waals surface area contributed by atoms with Crippen LogP contribution in [0.15, 0.2) is 24.3 Å². The summed E-state index contributed by atoms with van der Waals surface area (Å²) in [6.45, 7) is 0.989. The molecule has 2 aliphatic rings. The van der Waals surface area contributed by atoms with E-state index in [1.54, 1.807) is 18.2 Å². The number of hydrogen-bond acceptors (Lipinski definition) is 7. The monoisotopic (exact) mass is 501 g/mol. The molecule has 34 heavy (non-hydrogen) atoms. The van der Waals surface area contributed by atoms with Crippen LogP contribution in [0.1, 0.15) is 50.1 Å². The van der Waals surface area contributed by atoms with Gasteiger partial charge in [-0.3, -0.25) is 19.3 Å². The number of thiazole rings is 1. The minimum Gasteiger partial charge on any atom is -0.480 e. The molecular formula is C23H24ClN5O4S. The Kier molecular flexibility index (Phi) is 5.93. The first kappa shape index (κ1) is 23.0. The number of halogens is 1. The molecule has 1 saturated carbocycles. The number of carbonyl (C=O) groups excluding carboxylic acids is 2. The maximum absolute atomic E-state index is 13.5. The SMILES string of the molecule is NC1(C(=O)c2nc3c(s2)CN(CC(=O)O)CC3)CCCC1NC(=O)c1cc2cc(Cl)ccc2[nH]1. The summed E-state index contributed by atoms with van der Waals surface area (Å²) in [4.78, 5) is 47.9. The van der Waals surface area contributed by atoms with Crippen LogP contribution in [0, 0.1) is 0 Å². The van der Waals surface area contributed by atoms with Crippen molar-refractivity contribution in [1.29, 1.82) is 0 Å². The van der Waals surface area contributed by atoms with Gasteiger partial charge in [0.1, 0.15) is 11.2 Å². The average molecular weight is 502 g/mol. The number of aliphatic carboxylic acids is 1. The fourth-order valence-electron chi connectivity index (χ4n) is 4.84. The van der Waals surface area contributed by atoms with Crippen molar-refractivity contribution in [2.24, 2.45) is 5.73 Å². The van der Waals surface area contributed by atoms with Crippen molar-refractivity contribution in [3.8, 4) is 0 Å². The van der Waals surface area contributed by atoms with E-state index >= 15 is 0 Å². The first-order valence-electron chi connectivity index (χ1n) is 11.1. The first-order chi connectivity index (χ1) is 16.2. The minimum atomic E-state index is -1.24. The van der Waals surface area contributed by atoms with E-state index in [1.807, 2.05) is 11.0 Å². The summed E-state index contributed by atoms with van der Waals surface area (Å²) in [5.74, 6) is -1.49. The van der Waals surface area contributed by atoms with E-state index in [0.29, 0.717) is 54.5 Å². The minimum absolute atomic E-state index is 0.0461. The number of nitrogens with one attached hydrogen (secondary N) is 2. The lowest BCUT2D eigenvalue weighted by Crippen LogP contribution is -2.60. The molecule has 1 aliphatic heterocycles. The second kappa shape index (κ2) is 8.77. The summed E-state index contributed by atoms with van der Waals surface area (Å²) < 4.78 is 0. The van der Waals surface area contributed by atoms with Crippen LogP contribution >= 0.6 is 22.9 Å². The fraction of sp³-hybridized carbons (Fsp3) is 0.391. The number of carbonyl (C=O) groups is 3. The van der Waals surface area contributed by atoms with E-state index in [-0.39, 0.29) is 18.2 Å². The molecule has 1 aliphatic carbocycles. The molecule has 1 amide bonds. The molecule has 0 radical (unpaired) electrons. The van der Waals surface area contributed by atoms with Gasteiger partial charge in [0, 0.05) is 40.3 Å². The van der Waals surface area contributed by atoms with Crippen molar-refractivity contribution in [3.05, 3.63) is 50.6 Å². The van der Waals surface area contributed by atoms with Gasteiger partial charge in [0.15, 0.2) is 5.01 Å². The number of Topliss-reactive ketones (excluding diaryl/α,β-unsaturated/α-hetero) is 1. The van der Waals surface area contributed by atoms with E-state index in [9.17, 15) is 14.4 Å². The number of H-pyrrole nitrogens is 1. The topological polar surface area (TPSA) is 141 Å². The second-order valence-corrected chi connectivity index (χ2v) is 10.5. The molecule has 2 aromatic heterocycles. The molecule has 2 atom stereocenters. The molecule has 0 bridgehead atoms. The molecule has 0 spiro atoms. The third kappa shape index (κ3) is 4.22. The molecule has 178 valence electrons. The number of nitrogens with zero attached hydrogens (tertiary/aromatic N) is 2. The Morgan fingerprint density at radius 2 is 2.18 bits per heavy atom. The largest absolute Gasteiger partial charge is 0.480 e. The Labute approximate surface area is 204 Å². The highest BCUT2D eigenvalue weighted by atomic mass is 35.5. The predicted octanol–water partition coefficient (Wildman–Crippen LogP) is 2.58. The molecule has 11 heteroatoms. The summed E-state index contributed by atoms with van der Waals surface area (Å²) in [7, 11) is 0. The highest BCUT2D eigenvalue weighted by Crippen LogP contribution is 2.34. The van der Waals surface area contributed by atoms with Crippen LogP contribution in [0.5, 0.6) is 0 Å². The highest BCUT2D eigenvalue weighted by molar-refractivity contribution is 7.13. The lowest BCUT2D eigenvalue weighted by molar-refractivity contribution is -0.138. The van der Waals surface area contributed by atoms with Crippen LogP contribution in [0.4, 0.5) is 0 Å². The van der Waals surface area contributed by atoms with Gasteiger partial charge in [-0.05, 0) is 43.5 Å². The Hall–Kier alpha value is -2.79. The quantitative estimate of drug-likeness (QED) is 0.380. The number of carboxylic acids is 1. The molecule has 3 aromatic rings. The van der Waals surface area contributed by atoms with Crippen LogP contribution in [0.2, 0.25) is 5.02 Å². The number of amides is 1. The zero-order chi connectivity index (χ0) is 24.0. The third-order valence-corrected chi connectivity index (χ3v) is 7.94. The van der Waals surface area contributed by atoms with Crippen molar-refractivity contribution in [3.63, 3.8) is 0 Å². The van der Waals surface area contributed by atoms with Crippen LogP contribution in [0.25, 0.3) is 10.9 Å². The van der Waals surface area contributed by atoms with Crippen LogP contribution in [0.3, 0.4) is 0 Å². The summed E-state index contributed by atoms with van der Waals surface area (Å²) in [6.07, 6.45) is 2.35. The van der Waals surface area contributed by atoms with Gasteiger partial charge < -0.3 is 21.1 Å². The van der Waals surface area contributed by atoms with Crippen molar-refractivity contribution < 1.29 is 19.5 Å². The van der Waals surface area contributed by atoms with Gasteiger partial charge in [-0.2, -0.15) is 0 Å². The maximum atomic E-state index is 13.5. The Bertz CT molecular complexity index is 1300. The molecular weight excluding hydrogens is 478 g/mol. The third-order valence-electron chi connectivity index (χ3n) is 6.62. The Balaban J connectivity index is 1.33. The maximum Gasteiger partial charge on any atom is 0.317 e. The fourth-order valence-corrected chi connectivity index (χ4v) is 6.20. The van der Waals surface area contributed by atoms with Crippen LogP contribution in [-0.2, 0) is 17.8 Å². The number of nitrogens with two attached hydrogens (primary N) is 1. The Morgan fingerprint density at radius 1 is 1.35 bits per heavy atom. The molecule has 5 rings (SSSR count). The number of fused-ring (bicyclic) bond motifs is 2. The van der Waals surface area contributed by atoms with Gasteiger partial charge in [-0.15, -0.1) is 11.3 Å². The van der Waals surface area contributed by atoms with Crippen LogP contribution < -0.4 is 11.1 Å². The van der Waals surface area contributed by atoms with Gasteiger partial charge in [0.25, 0.3) is 5.91 Å². The van der Waals surface area contributed by atoms with Crippen molar-refractivity contribution in [1.82, 2.24) is 20.2 Å². The number of rotatable bonds is 6. The van der Waals surface area contributed by atoms with E-state index in [4.69, 9.17) is 22.4 Å². The first-order valence-corrected chi connectivity index (χ1v) is 12.3. The van der Waals surface area contributed by atoms with E-state index < -0.39 is 17.6 Å². The Morgan fingerprint density at radius 3 is 2.97 bits per heavy atom. The lowest BCUT2D eigenvalue weighted by Gasteiger charge is -2.29. The standard InChI is InChI=1S/C23H24ClN5O4S/c24-13-3-4-14-12(8-13)9-16(26-14)21(33)28-18-2-1-6-23(18,25)20(32)22-27-15-5-7-29(11-19(30)31)10-17(15)34-22/h3-4,8-9,18,26H,1-2,5-7,10-11,25H2,(H,28,33)(H,30,31). The van der Waals surface area contributed by atoms with Gasteiger partial charge in [0.2, 0.25) is 5.78 Å². The molecule has 5 N–H and O–H groups in total. The number of carboxylic acid groups (broad SMARTS) is 1. The van der Waals surface area contributed by atoms with Gasteiger partial charge >= 0.3 is 5.97 Å². The highest BCUT2D eigenvalue weighted by Gasteiger charge is 2.48. The van der Waals surface area contributed by atoms with E-state index in [0.717, 1.165) is 21.5 Å². The molecule has 1 fully saturated rings. The lowest BCUT2D eigenvalue weighted by atomic mass is 9.89. The smallest absolute Gasteiger partial charge is 0.317 e. The van der Waals surface area contributed by atoms with E-state index in [2.05, 4.69) is 15.3 Å². The number of aromatic amines is 1. The summed E-state index contributed by atoms with van der Waals surface area (Å²) in [5, 5.41) is 13.7. The van der Waals surface area contributed by atoms with Crippen molar-refractivity contribution in [2.75, 3.05) is 13.1 Å². The molecule has 2 unspecified atom stereocenters. The van der Waals surface area contributed by atoms with Gasteiger partial charge in [0.05, 0.1) is 18.3 Å². The molecule has 3 heterocycles. The predicted molar refractivity (Wildman–Crippen MR) is 128 cm³/mol. The zero-order valence-corrected chi connectivity index (χ0v) is 19.8. The van der Waals surface area contributed by atoms with Gasteiger partial charge in [-0.25, -0.2) is 4.98 Å². The summed E-state index contributed by atoms with van der Waals surface area (Å²) in [5.41, 5.74) is 7.39. The normalized spacial score (nSPS) is 22.6. The number of aromatic nitrogens is 2. The summed E-state index contributed by atoms with van der Waals surface area (Å²) >= 11 is 7.32. The van der Waals surface area contributed by atoms with Gasteiger partial charge in [-0.1, -0.05) is 11.6 Å². The van der Waals surface area contributed by atoms with E-state index in [1.165, 1.54) is 11.3 Å². The van der Waals surface area contributed by atoms with Crippen molar-refractivity contribution >= 4 is 51.5 Å². The summed E-state index contributed by atoms with van der Waals surface area (Å²) in [6, 6.07) is 6.54. The second-order valence-electron chi connectivity index (χ2n) is 8.95. The number of benzene rings is 1. The zero-order valence-electron chi connectivity index (χ0n) is 18.3. The van der Waals surface area contributed by atoms with Crippen LogP contribution in [-0.4, -0.2) is 62.3 Å². The molecule has 1 aromatic carbocycles. The average Bonchev–Trinajstić information content (AvgIpc) is 3.49. The number of hydrogen-bond donors (Lipinski definition) is 4.